The van der Waals surface area contributed by atoms with Crippen molar-refractivity contribution < 1.29 is 4.74 Å². The number of aryl methyl sites for hydroxylation is 1. The van der Waals surface area contributed by atoms with Crippen LogP contribution in [0.3, 0.4) is 0 Å². The third kappa shape index (κ3) is 4.94. The summed E-state index contributed by atoms with van der Waals surface area (Å²) in [5, 5.41) is 3.47. The summed E-state index contributed by atoms with van der Waals surface area (Å²) in [4.78, 5) is 20.8. The lowest BCUT2D eigenvalue weighted by Crippen LogP contribution is -2.50. The van der Waals surface area contributed by atoms with Crippen LogP contribution in [0.15, 0.2) is 17.2 Å². The lowest BCUT2D eigenvalue weighted by atomic mass is 9.89. The van der Waals surface area contributed by atoms with Crippen molar-refractivity contribution in [2.45, 2.75) is 19.4 Å². The summed E-state index contributed by atoms with van der Waals surface area (Å²) >= 11 is 0. The van der Waals surface area contributed by atoms with Gasteiger partial charge in [-0.3, -0.25) is 9.69 Å². The minimum absolute atomic E-state index is 0. The summed E-state index contributed by atoms with van der Waals surface area (Å²) in [7, 11) is 3.66. The van der Waals surface area contributed by atoms with Gasteiger partial charge in [0.2, 0.25) is 0 Å². The minimum atomic E-state index is -0.0720. The molecule has 0 bridgehead atoms. The molecule has 25 heavy (non-hydrogen) atoms. The Hall–Kier alpha value is -1.15. The number of nitrogens with zero attached hydrogens (tertiary/aromatic N) is 4. The van der Waals surface area contributed by atoms with Gasteiger partial charge in [0.05, 0.1) is 12.7 Å². The second-order valence-corrected chi connectivity index (χ2v) is 7.51. The Balaban J connectivity index is 0.00000225. The van der Waals surface area contributed by atoms with Crippen LogP contribution in [0.2, 0.25) is 0 Å². The number of hydrogen-bond donors (Lipinski definition) is 1. The van der Waals surface area contributed by atoms with E-state index in [0.717, 1.165) is 39.3 Å². The molecule has 8 heteroatoms. The highest BCUT2D eigenvalue weighted by molar-refractivity contribution is 5.85. The first kappa shape index (κ1) is 20.2. The van der Waals surface area contributed by atoms with E-state index in [2.05, 4.69) is 22.1 Å². The molecule has 2 atom stereocenters. The topological polar surface area (TPSA) is 62.6 Å². The number of ether oxygens (including phenoxy) is 1. The van der Waals surface area contributed by atoms with E-state index in [1.165, 1.54) is 6.42 Å². The maximum atomic E-state index is 12.2. The Morgan fingerprint density at radius 2 is 2.32 bits per heavy atom. The molecule has 3 rings (SSSR count). The Kier molecular flexibility index (Phi) is 6.85. The Morgan fingerprint density at radius 1 is 1.52 bits per heavy atom. The molecule has 2 aliphatic heterocycles. The molecule has 0 saturated carbocycles. The Bertz CT molecular complexity index is 617. The fourth-order valence-electron chi connectivity index (χ4n) is 3.72. The Labute approximate surface area is 155 Å². The number of aromatic nitrogens is 2. The van der Waals surface area contributed by atoms with Crippen LogP contribution in [0.1, 0.15) is 13.3 Å². The van der Waals surface area contributed by atoms with E-state index in [1.54, 1.807) is 24.0 Å². The fourth-order valence-corrected chi connectivity index (χ4v) is 3.72. The second kappa shape index (κ2) is 8.49. The van der Waals surface area contributed by atoms with Gasteiger partial charge in [0.1, 0.15) is 0 Å². The summed E-state index contributed by atoms with van der Waals surface area (Å²) in [5.74, 6) is 0.479. The van der Waals surface area contributed by atoms with Crippen LogP contribution in [-0.4, -0.2) is 73.5 Å². The van der Waals surface area contributed by atoms with Crippen molar-refractivity contribution in [2.75, 3.05) is 57.8 Å². The van der Waals surface area contributed by atoms with Gasteiger partial charge in [0.15, 0.2) is 5.82 Å². The first-order valence-electron chi connectivity index (χ1n) is 8.74. The van der Waals surface area contributed by atoms with Gasteiger partial charge < -0.3 is 19.5 Å². The van der Waals surface area contributed by atoms with Crippen molar-refractivity contribution in [1.29, 1.82) is 0 Å². The predicted octanol–water partition coefficient (Wildman–Crippen LogP) is 0.339. The molecule has 1 aromatic rings. The molecule has 0 amide bonds. The van der Waals surface area contributed by atoms with Gasteiger partial charge in [-0.1, -0.05) is 6.92 Å². The van der Waals surface area contributed by atoms with E-state index in [-0.39, 0.29) is 24.1 Å². The van der Waals surface area contributed by atoms with Crippen molar-refractivity contribution in [3.63, 3.8) is 0 Å². The first-order chi connectivity index (χ1) is 11.5. The summed E-state index contributed by atoms with van der Waals surface area (Å²) < 4.78 is 7.49. The van der Waals surface area contributed by atoms with E-state index < -0.39 is 0 Å². The molecule has 0 aromatic carbocycles. The van der Waals surface area contributed by atoms with Gasteiger partial charge in [-0.05, 0) is 18.4 Å². The highest BCUT2D eigenvalue weighted by Crippen LogP contribution is 2.26. The average molecular weight is 372 g/mol. The number of nitrogens with one attached hydrogen (secondary N) is 1. The monoisotopic (exact) mass is 371 g/mol. The van der Waals surface area contributed by atoms with Crippen molar-refractivity contribution in [1.82, 2.24) is 19.8 Å². The smallest absolute Gasteiger partial charge is 0.293 e. The van der Waals surface area contributed by atoms with E-state index in [9.17, 15) is 4.79 Å². The van der Waals surface area contributed by atoms with Crippen LogP contribution < -0.4 is 15.8 Å². The third-order valence-electron chi connectivity index (χ3n) is 5.12. The van der Waals surface area contributed by atoms with E-state index in [1.807, 2.05) is 11.9 Å². The molecular weight excluding hydrogens is 342 g/mol. The molecule has 2 fully saturated rings. The average Bonchev–Trinajstić information content (AvgIpc) is 2.96. The first-order valence-corrected chi connectivity index (χ1v) is 8.74. The van der Waals surface area contributed by atoms with Gasteiger partial charge in [0, 0.05) is 59.2 Å². The summed E-state index contributed by atoms with van der Waals surface area (Å²) in [6.45, 7) is 9.01. The van der Waals surface area contributed by atoms with Gasteiger partial charge >= 0.3 is 0 Å². The highest BCUT2D eigenvalue weighted by Gasteiger charge is 2.33. The van der Waals surface area contributed by atoms with Gasteiger partial charge in [-0.2, -0.15) is 0 Å². The molecular formula is C17H30ClN5O2. The fraction of sp³-hybridized carbons (Fsp3) is 0.765. The summed E-state index contributed by atoms with van der Waals surface area (Å²) in [6.07, 6.45) is 4.68. The van der Waals surface area contributed by atoms with Crippen LogP contribution in [0.5, 0.6) is 0 Å². The quantitative estimate of drug-likeness (QED) is 0.805. The molecule has 0 spiro atoms. The van der Waals surface area contributed by atoms with Crippen molar-refractivity contribution in [3.05, 3.63) is 22.7 Å². The number of morpholine rings is 1. The molecule has 0 aliphatic carbocycles. The molecule has 2 aliphatic rings. The maximum Gasteiger partial charge on any atom is 0.293 e. The SMILES string of the molecule is CN(CC1CN(CC2(C)CCNC2)CCO1)c1nccn(C)c1=O.Cl. The molecule has 142 valence electrons. The zero-order valence-electron chi connectivity index (χ0n) is 15.4. The predicted molar refractivity (Wildman–Crippen MR) is 102 cm³/mol. The minimum Gasteiger partial charge on any atom is -0.374 e. The largest absolute Gasteiger partial charge is 0.374 e. The lowest BCUT2D eigenvalue weighted by molar-refractivity contribution is -0.0339. The van der Waals surface area contributed by atoms with Gasteiger partial charge in [-0.15, -0.1) is 12.4 Å². The second-order valence-electron chi connectivity index (χ2n) is 7.51. The van der Waals surface area contributed by atoms with Crippen LogP contribution >= 0.6 is 12.4 Å². The number of rotatable bonds is 5. The number of likely N-dealkylation sites (N-methyl/N-ethyl adjacent to an activating group) is 1. The van der Waals surface area contributed by atoms with Crippen molar-refractivity contribution in [2.24, 2.45) is 12.5 Å². The number of anilines is 1. The molecule has 3 heterocycles. The highest BCUT2D eigenvalue weighted by atomic mass is 35.5. The molecule has 7 nitrogen and oxygen atoms in total. The molecule has 1 aromatic heterocycles. The van der Waals surface area contributed by atoms with Crippen LogP contribution in [0.25, 0.3) is 0 Å². The normalized spacial score (nSPS) is 27.1. The van der Waals surface area contributed by atoms with Crippen molar-refractivity contribution >= 4 is 18.2 Å². The van der Waals surface area contributed by atoms with Crippen molar-refractivity contribution in [3.8, 4) is 0 Å². The van der Waals surface area contributed by atoms with E-state index in [0.29, 0.717) is 17.8 Å². The van der Waals surface area contributed by atoms with Gasteiger partial charge in [0.25, 0.3) is 5.56 Å². The maximum absolute atomic E-state index is 12.2. The zero-order valence-corrected chi connectivity index (χ0v) is 16.2. The van der Waals surface area contributed by atoms with Crippen LogP contribution in [-0.2, 0) is 11.8 Å². The zero-order chi connectivity index (χ0) is 17.2. The number of hydrogen-bond acceptors (Lipinski definition) is 6. The van der Waals surface area contributed by atoms with E-state index >= 15 is 0 Å². The van der Waals surface area contributed by atoms with Crippen LogP contribution in [0.4, 0.5) is 5.82 Å². The van der Waals surface area contributed by atoms with E-state index in [4.69, 9.17) is 4.74 Å². The third-order valence-corrected chi connectivity index (χ3v) is 5.12. The summed E-state index contributed by atoms with van der Waals surface area (Å²) in [6, 6.07) is 0. The van der Waals surface area contributed by atoms with Crippen LogP contribution in [0, 0.1) is 5.41 Å². The van der Waals surface area contributed by atoms with Gasteiger partial charge in [-0.25, -0.2) is 4.98 Å². The summed E-state index contributed by atoms with van der Waals surface area (Å²) in [5.41, 5.74) is 0.294. The Morgan fingerprint density at radius 3 is 3.04 bits per heavy atom. The molecule has 2 unspecified atom stereocenters. The molecule has 1 N–H and O–H groups in total. The standard InChI is InChI=1S/C17H29N5O2.ClH/c1-17(4-5-18-12-17)13-22-8-9-24-14(11-22)10-21(3)15-16(23)20(2)7-6-19-15;/h6-7,14,18H,4-5,8-13H2,1-3H3;1H. The lowest BCUT2D eigenvalue weighted by Gasteiger charge is -2.38. The number of halogens is 1. The molecule has 0 radical (unpaired) electrons. The molecule has 2 saturated heterocycles.